The van der Waals surface area contributed by atoms with E-state index < -0.39 is 26.8 Å². The number of benzene rings is 1. The molecule has 0 saturated heterocycles. The van der Waals surface area contributed by atoms with Crippen LogP contribution in [0.1, 0.15) is 5.56 Å². The molecule has 0 aliphatic heterocycles. The molecule has 0 radical (unpaired) electrons. The third-order valence-electron chi connectivity index (χ3n) is 1.58. The maximum atomic E-state index is 12.3. The Morgan fingerprint density at radius 2 is 1.75 bits per heavy atom. The van der Waals surface area contributed by atoms with Crippen LogP contribution >= 0.6 is 0 Å². The average molecular weight is 279 g/mol. The van der Waals surface area contributed by atoms with Crippen molar-refractivity contribution in [2.45, 2.75) is 11.1 Å². The van der Waals surface area contributed by atoms with Gasteiger partial charge >= 0.3 is 57.6 Å². The number of rotatable bonds is 1. The topological polar surface area (TPSA) is 83.2 Å². The van der Waals surface area contributed by atoms with Crippen LogP contribution in [0.4, 0.5) is 18.9 Å². The quantitative estimate of drug-likeness (QED) is 0.373. The average Bonchev–Trinajstić information content (AvgIpc) is 2.00. The largest absolute Gasteiger partial charge is 1.00 e. The number of halogens is 3. The zero-order chi connectivity index (χ0) is 11.9. The van der Waals surface area contributed by atoms with Crippen LogP contribution in [-0.4, -0.2) is 13.0 Å². The van der Waals surface area contributed by atoms with Crippen LogP contribution in [0, 0.1) is 0 Å². The molecule has 0 atom stereocenters. The molecule has 84 valence electrons. The summed E-state index contributed by atoms with van der Waals surface area (Å²) < 4.78 is 68.4. The van der Waals surface area contributed by atoms with Gasteiger partial charge in [-0.25, -0.2) is 8.42 Å². The van der Waals surface area contributed by atoms with Crippen LogP contribution < -0.4 is 57.1 Å². The van der Waals surface area contributed by atoms with E-state index in [0.717, 1.165) is 6.07 Å². The maximum Gasteiger partial charge on any atom is 1.00 e. The Kier molecular flexibility index (Phi) is 5.45. The van der Waals surface area contributed by atoms with E-state index in [0.29, 0.717) is 12.1 Å². The number of hydrogen-bond acceptors (Lipinski definition) is 4. The Bertz CT molecular complexity index is 486. The number of nitrogen functional groups attached to an aromatic ring is 1. The number of alkyl halides is 3. The van der Waals surface area contributed by atoms with Gasteiger partial charge in [-0.1, -0.05) is 0 Å². The molecule has 1 rings (SSSR count). The SMILES string of the molecule is Nc1ccc(S(=O)(=O)[O-])c(C(F)(F)F)c1.[K+]. The van der Waals surface area contributed by atoms with E-state index in [1.165, 1.54) is 0 Å². The van der Waals surface area contributed by atoms with Crippen LogP contribution in [0.25, 0.3) is 0 Å². The predicted octanol–water partition coefficient (Wildman–Crippen LogP) is -1.80. The third kappa shape index (κ3) is 3.98. The van der Waals surface area contributed by atoms with Crippen LogP contribution in [0.5, 0.6) is 0 Å². The minimum Gasteiger partial charge on any atom is -0.744 e. The molecule has 0 fully saturated rings. The van der Waals surface area contributed by atoms with E-state index >= 15 is 0 Å². The normalized spacial score (nSPS) is 12.0. The first kappa shape index (κ1) is 16.4. The third-order valence-corrected chi connectivity index (χ3v) is 2.47. The second kappa shape index (κ2) is 5.34. The molecule has 0 saturated carbocycles. The predicted molar refractivity (Wildman–Crippen MR) is 43.8 cm³/mol. The summed E-state index contributed by atoms with van der Waals surface area (Å²) in [6.07, 6.45) is -4.93. The van der Waals surface area contributed by atoms with Crippen molar-refractivity contribution in [3.63, 3.8) is 0 Å². The van der Waals surface area contributed by atoms with Crippen LogP contribution in [0.15, 0.2) is 23.1 Å². The molecule has 2 N–H and O–H groups in total. The fourth-order valence-corrected chi connectivity index (χ4v) is 1.67. The van der Waals surface area contributed by atoms with E-state index in [1.54, 1.807) is 0 Å². The van der Waals surface area contributed by atoms with Crippen molar-refractivity contribution in [2.75, 3.05) is 5.73 Å². The zero-order valence-corrected chi connectivity index (χ0v) is 12.0. The fraction of sp³-hybridized carbons (Fsp3) is 0.143. The molecular weight excluding hydrogens is 274 g/mol. The molecule has 0 unspecified atom stereocenters. The molecule has 0 amide bonds. The molecule has 0 bridgehead atoms. The second-order valence-electron chi connectivity index (χ2n) is 2.71. The van der Waals surface area contributed by atoms with E-state index in [4.69, 9.17) is 5.73 Å². The van der Waals surface area contributed by atoms with E-state index in [1.807, 2.05) is 0 Å². The van der Waals surface area contributed by atoms with Crippen molar-refractivity contribution < 1.29 is 77.5 Å². The van der Waals surface area contributed by atoms with Gasteiger partial charge in [-0.2, -0.15) is 13.2 Å². The zero-order valence-electron chi connectivity index (χ0n) is 8.08. The van der Waals surface area contributed by atoms with Crippen LogP contribution in [0.3, 0.4) is 0 Å². The van der Waals surface area contributed by atoms with Crippen molar-refractivity contribution in [1.82, 2.24) is 0 Å². The number of hydrogen-bond donors (Lipinski definition) is 1. The van der Waals surface area contributed by atoms with Gasteiger partial charge in [0.05, 0.1) is 10.5 Å². The summed E-state index contributed by atoms with van der Waals surface area (Å²) in [4.78, 5) is -1.32. The first-order valence-electron chi connectivity index (χ1n) is 3.55. The summed E-state index contributed by atoms with van der Waals surface area (Å²) in [6, 6.07) is 1.87. The molecular formula is C7H5F3KNO3S. The van der Waals surface area contributed by atoms with Gasteiger partial charge in [-0.05, 0) is 18.2 Å². The van der Waals surface area contributed by atoms with Crippen molar-refractivity contribution in [3.05, 3.63) is 23.8 Å². The van der Waals surface area contributed by atoms with Gasteiger partial charge in [-0.3, -0.25) is 0 Å². The van der Waals surface area contributed by atoms with Crippen LogP contribution in [0.2, 0.25) is 0 Å². The van der Waals surface area contributed by atoms with Gasteiger partial charge in [0, 0.05) is 5.69 Å². The Morgan fingerprint density at radius 3 is 2.12 bits per heavy atom. The Labute approximate surface area is 132 Å². The Hall–Kier alpha value is 0.356. The maximum absolute atomic E-state index is 12.3. The Balaban J connectivity index is 0.00000225. The minimum absolute atomic E-state index is 0. The molecule has 1 aromatic rings. The fourth-order valence-electron chi connectivity index (χ4n) is 0.987. The molecule has 4 nitrogen and oxygen atoms in total. The standard InChI is InChI=1S/C7H6F3NO3S.K/c8-7(9,10)5-3-4(11)1-2-6(5)15(12,13)14;/h1-3H,11H2,(H,12,13,14);/q;+1/p-1. The van der Waals surface area contributed by atoms with E-state index in [-0.39, 0.29) is 57.1 Å². The van der Waals surface area contributed by atoms with E-state index in [2.05, 4.69) is 0 Å². The van der Waals surface area contributed by atoms with Crippen molar-refractivity contribution >= 4 is 15.8 Å². The summed E-state index contributed by atoms with van der Waals surface area (Å²) in [7, 11) is -5.16. The summed E-state index contributed by atoms with van der Waals surface area (Å²) in [5, 5.41) is 0. The van der Waals surface area contributed by atoms with Crippen LogP contribution in [-0.2, 0) is 16.3 Å². The van der Waals surface area contributed by atoms with Gasteiger partial charge in [0.2, 0.25) is 0 Å². The Morgan fingerprint density at radius 1 is 1.25 bits per heavy atom. The summed E-state index contributed by atoms with van der Waals surface area (Å²) in [5.41, 5.74) is 3.26. The minimum atomic E-state index is -5.16. The summed E-state index contributed by atoms with van der Waals surface area (Å²) in [5.74, 6) is 0. The molecule has 1 aromatic carbocycles. The molecule has 9 heteroatoms. The van der Waals surface area contributed by atoms with Gasteiger partial charge < -0.3 is 10.3 Å². The smallest absolute Gasteiger partial charge is 0.744 e. The van der Waals surface area contributed by atoms with Gasteiger partial charge in [0.1, 0.15) is 10.1 Å². The molecule has 0 aliphatic rings. The monoisotopic (exact) mass is 279 g/mol. The van der Waals surface area contributed by atoms with Crippen molar-refractivity contribution in [2.24, 2.45) is 0 Å². The number of nitrogens with two attached hydrogens (primary N) is 1. The number of anilines is 1. The molecule has 0 spiro atoms. The van der Waals surface area contributed by atoms with Gasteiger partial charge in [-0.15, -0.1) is 0 Å². The first-order chi connectivity index (χ1) is 6.62. The second-order valence-corrected chi connectivity index (χ2v) is 4.06. The summed E-state index contributed by atoms with van der Waals surface area (Å²) >= 11 is 0. The van der Waals surface area contributed by atoms with Crippen molar-refractivity contribution in [3.8, 4) is 0 Å². The van der Waals surface area contributed by atoms with Gasteiger partial charge in [0.25, 0.3) is 0 Å². The molecule has 16 heavy (non-hydrogen) atoms. The van der Waals surface area contributed by atoms with Gasteiger partial charge in [0.15, 0.2) is 0 Å². The van der Waals surface area contributed by atoms with E-state index in [9.17, 15) is 26.1 Å². The first-order valence-corrected chi connectivity index (χ1v) is 4.96. The molecule has 0 aromatic heterocycles. The summed E-state index contributed by atoms with van der Waals surface area (Å²) in [6.45, 7) is 0. The molecule has 0 aliphatic carbocycles. The molecule has 0 heterocycles. The van der Waals surface area contributed by atoms with Crippen molar-refractivity contribution in [1.29, 1.82) is 0 Å².